The molecule has 0 bridgehead atoms. The van der Waals surface area contributed by atoms with E-state index in [0.717, 1.165) is 42.2 Å². The van der Waals surface area contributed by atoms with Gasteiger partial charge in [0, 0.05) is 25.7 Å². The number of aliphatic imine (C=N–C) groups is 1. The van der Waals surface area contributed by atoms with Crippen LogP contribution in [0.4, 0.5) is 0 Å². The Morgan fingerprint density at radius 3 is 2.55 bits per heavy atom. The third kappa shape index (κ3) is 7.19. The number of benzene rings is 1. The first kappa shape index (κ1) is 23.5. The Hall–Kier alpha value is -1.80. The van der Waals surface area contributed by atoms with Gasteiger partial charge in [-0.3, -0.25) is 0 Å². The third-order valence-corrected chi connectivity index (χ3v) is 7.03. The van der Waals surface area contributed by atoms with Crippen molar-refractivity contribution in [3.63, 3.8) is 0 Å². The van der Waals surface area contributed by atoms with Gasteiger partial charge in [-0.2, -0.15) is 0 Å². The van der Waals surface area contributed by atoms with Crippen molar-refractivity contribution < 1.29 is 13.2 Å². The van der Waals surface area contributed by atoms with Crippen molar-refractivity contribution in [1.29, 1.82) is 0 Å². The fraction of sp³-hybridized carbons (Fsp3) is 0.667. The molecule has 0 amide bonds. The number of nitrogens with zero attached hydrogens (tertiary/aromatic N) is 2. The van der Waals surface area contributed by atoms with Crippen LogP contribution in [-0.4, -0.2) is 56.7 Å². The van der Waals surface area contributed by atoms with Crippen LogP contribution in [0.25, 0.3) is 0 Å². The molecule has 0 saturated carbocycles. The highest BCUT2D eigenvalue weighted by molar-refractivity contribution is 7.89. The van der Waals surface area contributed by atoms with Gasteiger partial charge < -0.3 is 15.4 Å². The number of piperidine rings is 1. The van der Waals surface area contributed by atoms with Gasteiger partial charge in [-0.25, -0.2) is 17.7 Å². The first-order valence-corrected chi connectivity index (χ1v) is 12.3. The van der Waals surface area contributed by atoms with Crippen LogP contribution in [0.5, 0.6) is 5.75 Å². The molecule has 164 valence electrons. The molecule has 1 aromatic carbocycles. The van der Waals surface area contributed by atoms with Crippen LogP contribution >= 0.6 is 0 Å². The number of ether oxygens (including phenoxy) is 1. The van der Waals surface area contributed by atoms with E-state index in [1.165, 1.54) is 0 Å². The highest BCUT2D eigenvalue weighted by Gasteiger charge is 2.27. The van der Waals surface area contributed by atoms with Gasteiger partial charge in [0.1, 0.15) is 5.75 Å². The number of rotatable bonds is 9. The number of sulfonamides is 1. The molecule has 1 saturated heterocycles. The molecule has 1 aliphatic rings. The summed E-state index contributed by atoms with van der Waals surface area (Å²) in [4.78, 5) is 4.71. The van der Waals surface area contributed by atoms with Crippen molar-refractivity contribution in [2.45, 2.75) is 59.5 Å². The van der Waals surface area contributed by atoms with Crippen LogP contribution < -0.4 is 15.4 Å². The van der Waals surface area contributed by atoms with Crippen molar-refractivity contribution in [2.24, 2.45) is 4.99 Å². The zero-order chi connectivity index (χ0) is 21.3. The number of guanidine groups is 1. The largest absolute Gasteiger partial charge is 0.494 e. The Bertz CT molecular complexity index is 772. The molecule has 2 rings (SSSR count). The molecular weight excluding hydrogens is 388 g/mol. The molecule has 0 aliphatic carbocycles. The summed E-state index contributed by atoms with van der Waals surface area (Å²) >= 11 is 0. The van der Waals surface area contributed by atoms with Crippen LogP contribution in [0.15, 0.2) is 23.2 Å². The van der Waals surface area contributed by atoms with E-state index in [2.05, 4.69) is 16.7 Å². The molecule has 0 atom stereocenters. The van der Waals surface area contributed by atoms with Gasteiger partial charge in [-0.1, -0.05) is 19.1 Å². The fourth-order valence-corrected chi connectivity index (χ4v) is 5.02. The molecule has 1 aliphatic heterocycles. The second kappa shape index (κ2) is 11.4. The lowest BCUT2D eigenvalue weighted by Crippen LogP contribution is -2.50. The number of hydrogen-bond donors (Lipinski definition) is 2. The number of hydrogen-bond acceptors (Lipinski definition) is 4. The highest BCUT2D eigenvalue weighted by Crippen LogP contribution is 2.19. The maximum Gasteiger partial charge on any atom is 0.214 e. The van der Waals surface area contributed by atoms with Crippen LogP contribution in [0, 0.1) is 6.92 Å². The smallest absolute Gasteiger partial charge is 0.214 e. The van der Waals surface area contributed by atoms with E-state index in [1.54, 1.807) is 4.31 Å². The predicted molar refractivity (Wildman–Crippen MR) is 119 cm³/mol. The summed E-state index contributed by atoms with van der Waals surface area (Å²) in [5.41, 5.74) is 2.24. The molecule has 0 radical (unpaired) electrons. The lowest BCUT2D eigenvalue weighted by molar-refractivity contribution is 0.306. The van der Waals surface area contributed by atoms with Gasteiger partial charge in [0.05, 0.1) is 18.9 Å². The normalized spacial score (nSPS) is 16.6. The molecule has 8 heteroatoms. The minimum Gasteiger partial charge on any atom is -0.494 e. The van der Waals surface area contributed by atoms with Crippen LogP contribution in [-0.2, 0) is 16.6 Å². The summed E-state index contributed by atoms with van der Waals surface area (Å²) in [5, 5.41) is 6.76. The minimum atomic E-state index is -3.10. The Morgan fingerprint density at radius 1 is 1.24 bits per heavy atom. The summed E-state index contributed by atoms with van der Waals surface area (Å²) < 4.78 is 31.7. The zero-order valence-corrected chi connectivity index (χ0v) is 19.0. The Kier molecular flexibility index (Phi) is 9.23. The van der Waals surface area contributed by atoms with Gasteiger partial charge in [-0.15, -0.1) is 0 Å². The average Bonchev–Trinajstić information content (AvgIpc) is 2.69. The second-order valence-corrected chi connectivity index (χ2v) is 9.45. The molecule has 0 unspecified atom stereocenters. The number of aryl methyl sites for hydroxylation is 1. The summed E-state index contributed by atoms with van der Waals surface area (Å²) in [7, 11) is -3.10. The van der Waals surface area contributed by atoms with Crippen LogP contribution in [0.1, 0.15) is 51.2 Å². The SMILES string of the molecule is CCCS(=O)(=O)N1CCC(NC(=NCc2ccc(OCC)c(C)c2)NCC)CC1. The van der Waals surface area contributed by atoms with E-state index in [4.69, 9.17) is 9.73 Å². The maximum absolute atomic E-state index is 12.2. The molecule has 0 spiro atoms. The van der Waals surface area contributed by atoms with Crippen molar-refractivity contribution >= 4 is 16.0 Å². The predicted octanol–water partition coefficient (Wildman–Crippen LogP) is 2.65. The lowest BCUT2D eigenvalue weighted by Gasteiger charge is -2.32. The quantitative estimate of drug-likeness (QED) is 0.470. The van der Waals surface area contributed by atoms with Gasteiger partial charge in [0.15, 0.2) is 5.96 Å². The molecule has 1 aromatic rings. The molecule has 1 heterocycles. The highest BCUT2D eigenvalue weighted by atomic mass is 32.2. The molecule has 29 heavy (non-hydrogen) atoms. The van der Waals surface area contributed by atoms with E-state index in [1.807, 2.05) is 39.8 Å². The molecule has 0 aromatic heterocycles. The lowest BCUT2D eigenvalue weighted by atomic mass is 10.1. The van der Waals surface area contributed by atoms with Crippen molar-refractivity contribution in [1.82, 2.24) is 14.9 Å². The van der Waals surface area contributed by atoms with E-state index in [9.17, 15) is 8.42 Å². The third-order valence-electron chi connectivity index (χ3n) is 4.95. The molecule has 1 fully saturated rings. The number of nitrogens with one attached hydrogen (secondary N) is 2. The molecular formula is C21H36N4O3S. The van der Waals surface area contributed by atoms with Gasteiger partial charge >= 0.3 is 0 Å². The first-order valence-electron chi connectivity index (χ1n) is 10.6. The molecule has 2 N–H and O–H groups in total. The van der Waals surface area contributed by atoms with E-state index < -0.39 is 10.0 Å². The summed E-state index contributed by atoms with van der Waals surface area (Å²) in [6, 6.07) is 6.37. The topological polar surface area (TPSA) is 83.0 Å². The average molecular weight is 425 g/mol. The standard InChI is InChI=1S/C21H36N4O3S/c1-5-14-29(26,27)25-12-10-19(11-13-25)24-21(22-6-2)23-16-18-8-9-20(28-7-3)17(4)15-18/h8-9,15,19H,5-7,10-14,16H2,1-4H3,(H2,22,23,24). The van der Waals surface area contributed by atoms with E-state index in [0.29, 0.717) is 32.7 Å². The zero-order valence-electron chi connectivity index (χ0n) is 18.2. The Morgan fingerprint density at radius 2 is 1.97 bits per heavy atom. The Balaban J connectivity index is 1.94. The van der Waals surface area contributed by atoms with Crippen LogP contribution in [0.3, 0.4) is 0 Å². The van der Waals surface area contributed by atoms with Gasteiger partial charge in [0.2, 0.25) is 10.0 Å². The Labute approximate surface area is 176 Å². The van der Waals surface area contributed by atoms with E-state index >= 15 is 0 Å². The van der Waals surface area contributed by atoms with Gasteiger partial charge in [0.25, 0.3) is 0 Å². The fourth-order valence-electron chi connectivity index (χ4n) is 3.48. The minimum absolute atomic E-state index is 0.225. The summed E-state index contributed by atoms with van der Waals surface area (Å²) in [6.45, 7) is 11.1. The van der Waals surface area contributed by atoms with E-state index in [-0.39, 0.29) is 11.8 Å². The summed E-state index contributed by atoms with van der Waals surface area (Å²) in [5.74, 6) is 1.92. The second-order valence-electron chi connectivity index (χ2n) is 7.36. The summed E-state index contributed by atoms with van der Waals surface area (Å²) in [6.07, 6.45) is 2.23. The molecule has 7 nitrogen and oxygen atoms in total. The van der Waals surface area contributed by atoms with Crippen molar-refractivity contribution in [3.8, 4) is 5.75 Å². The monoisotopic (exact) mass is 424 g/mol. The van der Waals surface area contributed by atoms with Crippen molar-refractivity contribution in [2.75, 3.05) is 32.0 Å². The van der Waals surface area contributed by atoms with Gasteiger partial charge in [-0.05, 0) is 57.2 Å². The maximum atomic E-state index is 12.2. The van der Waals surface area contributed by atoms with Crippen molar-refractivity contribution in [3.05, 3.63) is 29.3 Å². The first-order chi connectivity index (χ1) is 13.9. The van der Waals surface area contributed by atoms with Crippen LogP contribution in [0.2, 0.25) is 0 Å².